The molecule has 1 atom stereocenters. The Morgan fingerprint density at radius 1 is 0.943 bits per heavy atom. The molecule has 1 saturated heterocycles. The van der Waals surface area contributed by atoms with Gasteiger partial charge in [-0.2, -0.15) is 5.01 Å². The minimum absolute atomic E-state index is 0.0260. The Kier molecular flexibility index (Phi) is 6.68. The molecule has 0 radical (unpaired) electrons. The molecule has 9 nitrogen and oxygen atoms in total. The molecule has 1 aliphatic rings. The van der Waals surface area contributed by atoms with Crippen LogP contribution >= 0.6 is 0 Å². The fourth-order valence-corrected chi connectivity index (χ4v) is 4.93. The molecule has 1 heterocycles. The zero-order valence-corrected chi connectivity index (χ0v) is 19.7. The van der Waals surface area contributed by atoms with E-state index in [9.17, 15) is 22.8 Å². The van der Waals surface area contributed by atoms with Crippen molar-refractivity contribution in [3.8, 4) is 0 Å². The third kappa shape index (κ3) is 4.79. The molecular formula is C25H24N4O5S. The van der Waals surface area contributed by atoms with Gasteiger partial charge in [0, 0.05) is 12.1 Å². The first-order valence-corrected chi connectivity index (χ1v) is 12.4. The summed E-state index contributed by atoms with van der Waals surface area (Å²) in [6, 6.07) is 22.3. The highest BCUT2D eigenvalue weighted by atomic mass is 32.2. The monoisotopic (exact) mass is 492 g/mol. The lowest BCUT2D eigenvalue weighted by Gasteiger charge is -2.25. The number of hydrogen-bond acceptors (Lipinski definition) is 5. The number of imide groups is 1. The van der Waals surface area contributed by atoms with Crippen molar-refractivity contribution in [3.63, 3.8) is 0 Å². The third-order valence-electron chi connectivity index (χ3n) is 5.82. The molecule has 4 amide bonds. The summed E-state index contributed by atoms with van der Waals surface area (Å²) in [5.74, 6) is -1.42. The van der Waals surface area contributed by atoms with Gasteiger partial charge in [-0.1, -0.05) is 73.7 Å². The zero-order chi connectivity index (χ0) is 25.1. The van der Waals surface area contributed by atoms with Gasteiger partial charge in [0.15, 0.2) is 0 Å². The first-order valence-electron chi connectivity index (χ1n) is 10.9. The largest absolute Gasteiger partial charge is 0.344 e. The SMILES string of the molecule is CC[C@]1(c2ccccc2)NC(=O)N(NC(=O)c2cccc(S(=O)(=O)NCc3ccccc3)c2)C1=O. The van der Waals surface area contributed by atoms with Crippen molar-refractivity contribution in [1.29, 1.82) is 0 Å². The Hall–Kier alpha value is -4.02. The van der Waals surface area contributed by atoms with Crippen molar-refractivity contribution >= 4 is 27.9 Å². The number of hydrazine groups is 1. The van der Waals surface area contributed by atoms with Crippen molar-refractivity contribution in [2.24, 2.45) is 0 Å². The van der Waals surface area contributed by atoms with Gasteiger partial charge in [0.05, 0.1) is 4.90 Å². The second kappa shape index (κ2) is 9.69. The number of nitrogens with zero attached hydrogens (tertiary/aromatic N) is 1. The molecule has 1 fully saturated rings. The summed E-state index contributed by atoms with van der Waals surface area (Å²) in [5, 5.41) is 3.31. The van der Waals surface area contributed by atoms with Crippen LogP contribution in [0.1, 0.15) is 34.8 Å². The number of carbonyl (C=O) groups is 3. The van der Waals surface area contributed by atoms with Crippen molar-refractivity contribution in [3.05, 3.63) is 102 Å². The summed E-state index contributed by atoms with van der Waals surface area (Å²) in [7, 11) is -3.91. The molecule has 10 heteroatoms. The molecule has 1 aliphatic heterocycles. The van der Waals surface area contributed by atoms with E-state index in [0.29, 0.717) is 10.6 Å². The van der Waals surface area contributed by atoms with Crippen LogP contribution in [0.2, 0.25) is 0 Å². The van der Waals surface area contributed by atoms with Crippen molar-refractivity contribution < 1.29 is 22.8 Å². The average molecular weight is 493 g/mol. The number of benzene rings is 3. The lowest BCUT2D eigenvalue weighted by Crippen LogP contribution is -2.48. The molecule has 0 aromatic heterocycles. The average Bonchev–Trinajstić information content (AvgIpc) is 3.14. The Morgan fingerprint density at radius 2 is 1.60 bits per heavy atom. The lowest BCUT2D eigenvalue weighted by molar-refractivity contribution is -0.133. The molecule has 0 unspecified atom stereocenters. The van der Waals surface area contributed by atoms with Gasteiger partial charge >= 0.3 is 6.03 Å². The highest BCUT2D eigenvalue weighted by molar-refractivity contribution is 7.89. The molecule has 180 valence electrons. The Bertz CT molecular complexity index is 1360. The van der Waals surface area contributed by atoms with Crippen LogP contribution in [0.4, 0.5) is 4.79 Å². The van der Waals surface area contributed by atoms with E-state index in [4.69, 9.17) is 0 Å². The van der Waals surface area contributed by atoms with Crippen LogP contribution in [0, 0.1) is 0 Å². The normalized spacial score (nSPS) is 17.8. The maximum atomic E-state index is 13.2. The fourth-order valence-electron chi connectivity index (χ4n) is 3.87. The van der Waals surface area contributed by atoms with E-state index in [1.807, 2.05) is 6.07 Å². The van der Waals surface area contributed by atoms with E-state index in [1.54, 1.807) is 61.5 Å². The Balaban J connectivity index is 1.51. The topological polar surface area (TPSA) is 125 Å². The van der Waals surface area contributed by atoms with Crippen molar-refractivity contribution in [2.45, 2.75) is 30.3 Å². The van der Waals surface area contributed by atoms with Crippen molar-refractivity contribution in [2.75, 3.05) is 0 Å². The van der Waals surface area contributed by atoms with Gasteiger partial charge in [-0.05, 0) is 35.7 Å². The maximum Gasteiger partial charge on any atom is 0.344 e. The standard InChI is InChI=1S/C25H24N4O5S/c1-2-25(20-13-7-4-8-14-20)23(31)29(24(32)27-25)28-22(30)19-12-9-15-21(16-19)35(33,34)26-17-18-10-5-3-6-11-18/h3-16,26H,2,17H2,1H3,(H,27,32)(H,28,30)/t25-/m1/s1. The fraction of sp³-hybridized carbons (Fsp3) is 0.160. The molecule has 35 heavy (non-hydrogen) atoms. The van der Waals surface area contributed by atoms with Crippen LogP contribution in [-0.4, -0.2) is 31.3 Å². The van der Waals surface area contributed by atoms with E-state index in [0.717, 1.165) is 5.56 Å². The number of sulfonamides is 1. The zero-order valence-electron chi connectivity index (χ0n) is 18.9. The van der Waals surface area contributed by atoms with E-state index in [-0.39, 0.29) is 23.4 Å². The van der Waals surface area contributed by atoms with Gasteiger partial charge in [0.25, 0.3) is 11.8 Å². The van der Waals surface area contributed by atoms with Crippen LogP contribution < -0.4 is 15.5 Å². The summed E-state index contributed by atoms with van der Waals surface area (Å²) in [5.41, 5.74) is 2.35. The van der Waals surface area contributed by atoms with E-state index in [1.165, 1.54) is 24.3 Å². The minimum Gasteiger partial charge on any atom is -0.318 e. The highest BCUT2D eigenvalue weighted by Gasteiger charge is 2.52. The number of carbonyl (C=O) groups excluding carboxylic acids is 3. The smallest absolute Gasteiger partial charge is 0.318 e. The highest BCUT2D eigenvalue weighted by Crippen LogP contribution is 2.31. The molecule has 4 rings (SSSR count). The van der Waals surface area contributed by atoms with Crippen molar-refractivity contribution in [1.82, 2.24) is 20.5 Å². The molecular weight excluding hydrogens is 468 g/mol. The van der Waals surface area contributed by atoms with Crippen LogP contribution in [0.15, 0.2) is 89.8 Å². The third-order valence-corrected chi connectivity index (χ3v) is 7.22. The van der Waals surface area contributed by atoms with Gasteiger partial charge in [0.2, 0.25) is 10.0 Å². The second-order valence-electron chi connectivity index (χ2n) is 7.97. The van der Waals surface area contributed by atoms with E-state index in [2.05, 4.69) is 15.5 Å². The first kappa shape index (κ1) is 24.1. The van der Waals surface area contributed by atoms with E-state index < -0.39 is 33.4 Å². The molecule has 0 saturated carbocycles. The molecule has 3 aromatic rings. The molecule has 0 spiro atoms. The summed E-state index contributed by atoms with van der Waals surface area (Å²) >= 11 is 0. The minimum atomic E-state index is -3.91. The predicted molar refractivity (Wildman–Crippen MR) is 128 cm³/mol. The number of amides is 4. The first-order chi connectivity index (χ1) is 16.8. The number of nitrogens with one attached hydrogen (secondary N) is 3. The summed E-state index contributed by atoms with van der Waals surface area (Å²) < 4.78 is 28.0. The maximum absolute atomic E-state index is 13.2. The van der Waals surface area contributed by atoms with Gasteiger partial charge in [-0.3, -0.25) is 15.0 Å². The summed E-state index contributed by atoms with van der Waals surface area (Å²) in [6.07, 6.45) is 0.273. The Morgan fingerprint density at radius 3 is 2.26 bits per heavy atom. The molecule has 0 aliphatic carbocycles. The van der Waals surface area contributed by atoms with E-state index >= 15 is 0 Å². The molecule has 0 bridgehead atoms. The number of rotatable bonds is 8. The lowest BCUT2D eigenvalue weighted by atomic mass is 9.87. The number of urea groups is 1. The van der Waals surface area contributed by atoms with Crippen LogP contribution in [-0.2, 0) is 26.9 Å². The van der Waals surface area contributed by atoms with Crippen LogP contribution in [0.5, 0.6) is 0 Å². The molecule has 3 N–H and O–H groups in total. The van der Waals surface area contributed by atoms with Gasteiger partial charge in [0.1, 0.15) is 5.54 Å². The van der Waals surface area contributed by atoms with Crippen LogP contribution in [0.3, 0.4) is 0 Å². The summed E-state index contributed by atoms with van der Waals surface area (Å²) in [4.78, 5) is 38.6. The van der Waals surface area contributed by atoms with Crippen LogP contribution in [0.25, 0.3) is 0 Å². The number of hydrogen-bond donors (Lipinski definition) is 3. The second-order valence-corrected chi connectivity index (χ2v) is 9.74. The van der Waals surface area contributed by atoms with Gasteiger partial charge in [-0.25, -0.2) is 17.9 Å². The summed E-state index contributed by atoms with van der Waals surface area (Å²) in [6.45, 7) is 1.84. The molecule has 3 aromatic carbocycles. The van der Waals surface area contributed by atoms with Gasteiger partial charge < -0.3 is 5.32 Å². The predicted octanol–water partition coefficient (Wildman–Crippen LogP) is 2.67. The quantitative estimate of drug-likeness (QED) is 0.417. The Labute approximate surface area is 203 Å². The van der Waals surface area contributed by atoms with Gasteiger partial charge in [-0.15, -0.1) is 0 Å².